The second-order valence-corrected chi connectivity index (χ2v) is 5.68. The number of amides is 2. The van der Waals surface area contributed by atoms with Crippen molar-refractivity contribution in [3.05, 3.63) is 0 Å². The second-order valence-electron chi connectivity index (χ2n) is 5.68. The summed E-state index contributed by atoms with van der Waals surface area (Å²) in [5, 5.41) is 8.81. The molecule has 0 spiro atoms. The number of likely N-dealkylation sites (N-methyl/N-ethyl adjacent to an activating group) is 1. The van der Waals surface area contributed by atoms with Crippen LogP contribution in [0.5, 0.6) is 0 Å². The Kier molecular flexibility index (Phi) is 6.95. The van der Waals surface area contributed by atoms with Crippen molar-refractivity contribution in [1.29, 1.82) is 0 Å². The molecule has 3 N–H and O–H groups in total. The van der Waals surface area contributed by atoms with E-state index in [4.69, 9.17) is 4.74 Å². The minimum atomic E-state index is -0.524. The molecular weight excluding hydrogens is 258 g/mol. The van der Waals surface area contributed by atoms with Crippen LogP contribution in [0.4, 0.5) is 0 Å². The molecule has 0 aromatic carbocycles. The van der Waals surface area contributed by atoms with Crippen molar-refractivity contribution in [2.45, 2.75) is 39.8 Å². The van der Waals surface area contributed by atoms with Crippen LogP contribution in [-0.2, 0) is 14.3 Å². The molecule has 1 heterocycles. The third-order valence-corrected chi connectivity index (χ3v) is 3.32. The molecule has 116 valence electrons. The first kappa shape index (κ1) is 16.9. The molecule has 1 aliphatic heterocycles. The van der Waals surface area contributed by atoms with Gasteiger partial charge in [-0.3, -0.25) is 9.59 Å². The van der Waals surface area contributed by atoms with Crippen LogP contribution in [0.1, 0.15) is 27.7 Å². The lowest BCUT2D eigenvalue weighted by molar-refractivity contribution is -0.131. The SMILES string of the molecule is CCNC1COCC1C(=O)NC(C)C(=O)NCC(C)C. The fourth-order valence-electron chi connectivity index (χ4n) is 2.12. The summed E-state index contributed by atoms with van der Waals surface area (Å²) >= 11 is 0. The fraction of sp³-hybridized carbons (Fsp3) is 0.857. The number of rotatable bonds is 7. The number of carbonyl (C=O) groups excluding carboxylic acids is 2. The second kappa shape index (κ2) is 8.21. The molecule has 1 aliphatic rings. The van der Waals surface area contributed by atoms with Gasteiger partial charge in [0.05, 0.1) is 19.1 Å². The lowest BCUT2D eigenvalue weighted by Gasteiger charge is -2.21. The van der Waals surface area contributed by atoms with Gasteiger partial charge in [-0.25, -0.2) is 0 Å². The first-order valence-corrected chi connectivity index (χ1v) is 7.34. The summed E-state index contributed by atoms with van der Waals surface area (Å²) in [6.07, 6.45) is 0. The van der Waals surface area contributed by atoms with Crippen molar-refractivity contribution in [3.63, 3.8) is 0 Å². The van der Waals surface area contributed by atoms with E-state index >= 15 is 0 Å². The third kappa shape index (κ3) is 5.09. The molecule has 3 atom stereocenters. The number of carbonyl (C=O) groups is 2. The van der Waals surface area contributed by atoms with Crippen molar-refractivity contribution in [3.8, 4) is 0 Å². The average molecular weight is 285 g/mol. The number of hydrogen-bond donors (Lipinski definition) is 3. The van der Waals surface area contributed by atoms with Crippen molar-refractivity contribution in [2.24, 2.45) is 11.8 Å². The van der Waals surface area contributed by atoms with Crippen LogP contribution >= 0.6 is 0 Å². The normalized spacial score (nSPS) is 23.6. The highest BCUT2D eigenvalue weighted by Crippen LogP contribution is 2.14. The van der Waals surface area contributed by atoms with E-state index in [1.54, 1.807) is 6.92 Å². The number of hydrogen-bond acceptors (Lipinski definition) is 4. The molecule has 1 rings (SSSR count). The van der Waals surface area contributed by atoms with Crippen LogP contribution in [-0.4, -0.2) is 50.2 Å². The minimum absolute atomic E-state index is 0.0333. The van der Waals surface area contributed by atoms with Crippen LogP contribution in [0.3, 0.4) is 0 Å². The van der Waals surface area contributed by atoms with E-state index in [9.17, 15) is 9.59 Å². The Hall–Kier alpha value is -1.14. The maximum absolute atomic E-state index is 12.2. The predicted molar refractivity (Wildman–Crippen MR) is 77.2 cm³/mol. The molecule has 0 aromatic heterocycles. The van der Waals surface area contributed by atoms with Gasteiger partial charge >= 0.3 is 0 Å². The third-order valence-electron chi connectivity index (χ3n) is 3.32. The molecule has 0 aliphatic carbocycles. The minimum Gasteiger partial charge on any atom is -0.379 e. The maximum Gasteiger partial charge on any atom is 0.242 e. The van der Waals surface area contributed by atoms with Crippen LogP contribution in [0.2, 0.25) is 0 Å². The topological polar surface area (TPSA) is 79.5 Å². The van der Waals surface area contributed by atoms with E-state index in [2.05, 4.69) is 16.0 Å². The van der Waals surface area contributed by atoms with E-state index in [-0.39, 0.29) is 23.8 Å². The van der Waals surface area contributed by atoms with Gasteiger partial charge in [0.15, 0.2) is 0 Å². The van der Waals surface area contributed by atoms with Gasteiger partial charge in [-0.1, -0.05) is 20.8 Å². The molecule has 1 saturated heterocycles. The van der Waals surface area contributed by atoms with E-state index in [0.29, 0.717) is 25.7 Å². The number of nitrogens with one attached hydrogen (secondary N) is 3. The lowest BCUT2D eigenvalue weighted by Crippen LogP contribution is -2.50. The van der Waals surface area contributed by atoms with Crippen LogP contribution in [0.15, 0.2) is 0 Å². The Morgan fingerprint density at radius 3 is 2.55 bits per heavy atom. The highest BCUT2D eigenvalue weighted by Gasteiger charge is 2.34. The summed E-state index contributed by atoms with van der Waals surface area (Å²) in [5.41, 5.74) is 0. The van der Waals surface area contributed by atoms with Gasteiger partial charge in [-0.05, 0) is 19.4 Å². The standard InChI is InChI=1S/C14H27N3O3/c1-5-15-12-8-20-7-11(12)14(19)17-10(4)13(18)16-6-9(2)3/h9-12,15H,5-8H2,1-4H3,(H,16,18)(H,17,19). The van der Waals surface area contributed by atoms with Crippen molar-refractivity contribution in [2.75, 3.05) is 26.3 Å². The molecule has 0 saturated carbocycles. The van der Waals surface area contributed by atoms with Gasteiger partial charge in [-0.15, -0.1) is 0 Å². The largest absolute Gasteiger partial charge is 0.379 e. The zero-order valence-corrected chi connectivity index (χ0v) is 12.9. The first-order valence-electron chi connectivity index (χ1n) is 7.34. The molecule has 6 nitrogen and oxygen atoms in total. The molecule has 6 heteroatoms. The van der Waals surface area contributed by atoms with Gasteiger partial charge in [-0.2, -0.15) is 0 Å². The lowest BCUT2D eigenvalue weighted by atomic mass is 10.0. The Bertz CT molecular complexity index is 334. The summed E-state index contributed by atoms with van der Waals surface area (Å²) in [6.45, 7) is 10.1. The Morgan fingerprint density at radius 1 is 1.25 bits per heavy atom. The summed E-state index contributed by atoms with van der Waals surface area (Å²) in [4.78, 5) is 24.0. The zero-order valence-electron chi connectivity index (χ0n) is 12.9. The summed E-state index contributed by atoms with van der Waals surface area (Å²) < 4.78 is 5.34. The quantitative estimate of drug-likeness (QED) is 0.610. The summed E-state index contributed by atoms with van der Waals surface area (Å²) in [6, 6.07) is -0.491. The molecule has 0 aromatic rings. The average Bonchev–Trinajstić information content (AvgIpc) is 2.84. The zero-order chi connectivity index (χ0) is 15.1. The van der Waals surface area contributed by atoms with E-state index in [0.717, 1.165) is 6.54 Å². The molecular formula is C14H27N3O3. The molecule has 2 amide bonds. The van der Waals surface area contributed by atoms with Crippen LogP contribution < -0.4 is 16.0 Å². The Morgan fingerprint density at radius 2 is 1.95 bits per heavy atom. The van der Waals surface area contributed by atoms with Gasteiger partial charge in [0, 0.05) is 12.6 Å². The van der Waals surface area contributed by atoms with Crippen LogP contribution in [0, 0.1) is 11.8 Å². The van der Waals surface area contributed by atoms with E-state index in [1.807, 2.05) is 20.8 Å². The fourth-order valence-corrected chi connectivity index (χ4v) is 2.12. The highest BCUT2D eigenvalue weighted by molar-refractivity contribution is 5.88. The first-order chi connectivity index (χ1) is 9.45. The van der Waals surface area contributed by atoms with Gasteiger partial charge in [0.25, 0.3) is 0 Å². The maximum atomic E-state index is 12.2. The summed E-state index contributed by atoms with van der Waals surface area (Å²) in [5.74, 6) is -0.106. The molecule has 1 fully saturated rings. The predicted octanol–water partition coefficient (Wildman–Crippen LogP) is -0.112. The molecule has 3 unspecified atom stereocenters. The van der Waals surface area contributed by atoms with Gasteiger partial charge in [0.1, 0.15) is 6.04 Å². The van der Waals surface area contributed by atoms with Gasteiger partial charge in [0.2, 0.25) is 11.8 Å². The van der Waals surface area contributed by atoms with Crippen LogP contribution in [0.25, 0.3) is 0 Å². The van der Waals surface area contributed by atoms with Crippen molar-refractivity contribution >= 4 is 11.8 Å². The highest BCUT2D eigenvalue weighted by atomic mass is 16.5. The summed E-state index contributed by atoms with van der Waals surface area (Å²) in [7, 11) is 0. The molecule has 0 radical (unpaired) electrons. The Labute approximate surface area is 121 Å². The number of ether oxygens (including phenoxy) is 1. The van der Waals surface area contributed by atoms with E-state index in [1.165, 1.54) is 0 Å². The van der Waals surface area contributed by atoms with Gasteiger partial charge < -0.3 is 20.7 Å². The molecule has 20 heavy (non-hydrogen) atoms. The monoisotopic (exact) mass is 285 g/mol. The van der Waals surface area contributed by atoms with E-state index < -0.39 is 6.04 Å². The smallest absolute Gasteiger partial charge is 0.242 e. The van der Waals surface area contributed by atoms with Crippen molar-refractivity contribution < 1.29 is 14.3 Å². The molecule has 0 bridgehead atoms. The Balaban J connectivity index is 2.42. The van der Waals surface area contributed by atoms with Crippen molar-refractivity contribution in [1.82, 2.24) is 16.0 Å².